The summed E-state index contributed by atoms with van der Waals surface area (Å²) in [5.74, 6) is -0.0442. The van der Waals surface area contributed by atoms with Crippen LogP contribution in [0.2, 0.25) is 0 Å². The average molecular weight is 249 g/mol. The Morgan fingerprint density at radius 2 is 2.06 bits per heavy atom. The van der Waals surface area contributed by atoms with E-state index in [9.17, 15) is 9.59 Å². The van der Waals surface area contributed by atoms with Gasteiger partial charge < -0.3 is 9.88 Å². The summed E-state index contributed by atoms with van der Waals surface area (Å²) in [6.07, 6.45) is 2.66. The summed E-state index contributed by atoms with van der Waals surface area (Å²) in [5, 5.41) is 0. The van der Waals surface area contributed by atoms with E-state index in [1.54, 1.807) is 6.07 Å². The van der Waals surface area contributed by atoms with E-state index in [1.165, 1.54) is 12.3 Å². The Balaban J connectivity index is 1.97. The summed E-state index contributed by atoms with van der Waals surface area (Å²) in [4.78, 5) is 30.1. The average Bonchev–Trinajstić information content (AvgIpc) is 2.39. The normalized spacial score (nSPS) is 16.8. The van der Waals surface area contributed by atoms with Crippen LogP contribution in [0.1, 0.15) is 23.7 Å². The van der Waals surface area contributed by atoms with E-state index in [-0.39, 0.29) is 11.5 Å². The van der Waals surface area contributed by atoms with Gasteiger partial charge in [-0.05, 0) is 19.0 Å². The molecule has 1 aromatic heterocycles. The van der Waals surface area contributed by atoms with Gasteiger partial charge >= 0.3 is 0 Å². The number of piperazine rings is 1. The smallest absolute Gasteiger partial charge is 0.254 e. The van der Waals surface area contributed by atoms with Crippen LogP contribution in [0, 0.1) is 0 Å². The van der Waals surface area contributed by atoms with Crippen LogP contribution in [0.4, 0.5) is 0 Å². The van der Waals surface area contributed by atoms with Gasteiger partial charge in [0.1, 0.15) is 0 Å². The van der Waals surface area contributed by atoms with Crippen LogP contribution in [-0.2, 0) is 0 Å². The second-order valence-corrected chi connectivity index (χ2v) is 4.58. The Morgan fingerprint density at radius 1 is 1.33 bits per heavy atom. The number of hydrogen-bond donors (Lipinski definition) is 1. The first-order chi connectivity index (χ1) is 8.70. The Kier molecular flexibility index (Phi) is 4.15. The van der Waals surface area contributed by atoms with E-state index >= 15 is 0 Å². The van der Waals surface area contributed by atoms with Crippen molar-refractivity contribution >= 4 is 5.91 Å². The molecule has 1 aliphatic rings. The zero-order valence-corrected chi connectivity index (χ0v) is 10.7. The number of rotatable bonds is 3. The van der Waals surface area contributed by atoms with Crippen molar-refractivity contribution < 1.29 is 4.79 Å². The lowest BCUT2D eigenvalue weighted by atomic mass is 10.2. The van der Waals surface area contributed by atoms with Crippen LogP contribution in [0.3, 0.4) is 0 Å². The molecular formula is C13H19N3O2. The van der Waals surface area contributed by atoms with Gasteiger partial charge in [0.2, 0.25) is 5.56 Å². The van der Waals surface area contributed by atoms with Crippen LogP contribution in [0.5, 0.6) is 0 Å². The van der Waals surface area contributed by atoms with Crippen LogP contribution >= 0.6 is 0 Å². The SMILES string of the molecule is CCCN1CCN(C(=O)c2cc[nH]c(=O)c2)CC1. The molecule has 1 fully saturated rings. The molecule has 0 radical (unpaired) electrons. The van der Waals surface area contributed by atoms with Crippen molar-refractivity contribution in [3.63, 3.8) is 0 Å². The molecule has 0 saturated carbocycles. The van der Waals surface area contributed by atoms with E-state index in [2.05, 4.69) is 16.8 Å². The van der Waals surface area contributed by atoms with Crippen molar-refractivity contribution in [1.29, 1.82) is 0 Å². The van der Waals surface area contributed by atoms with E-state index in [1.807, 2.05) is 4.90 Å². The molecule has 1 N–H and O–H groups in total. The lowest BCUT2D eigenvalue weighted by Crippen LogP contribution is -2.48. The lowest BCUT2D eigenvalue weighted by Gasteiger charge is -2.34. The fourth-order valence-corrected chi connectivity index (χ4v) is 2.25. The zero-order valence-electron chi connectivity index (χ0n) is 10.7. The van der Waals surface area contributed by atoms with Crippen LogP contribution < -0.4 is 5.56 Å². The van der Waals surface area contributed by atoms with Gasteiger partial charge in [-0.3, -0.25) is 14.5 Å². The molecule has 1 aliphatic heterocycles. The molecule has 2 heterocycles. The topological polar surface area (TPSA) is 56.4 Å². The molecule has 98 valence electrons. The molecule has 0 spiro atoms. The highest BCUT2D eigenvalue weighted by atomic mass is 16.2. The number of aromatic amines is 1. The number of nitrogens with zero attached hydrogens (tertiary/aromatic N) is 2. The molecule has 1 saturated heterocycles. The largest absolute Gasteiger partial charge is 0.336 e. The van der Waals surface area contributed by atoms with Crippen molar-refractivity contribution in [2.45, 2.75) is 13.3 Å². The van der Waals surface area contributed by atoms with Crippen molar-refractivity contribution in [2.24, 2.45) is 0 Å². The third kappa shape index (κ3) is 2.98. The lowest BCUT2D eigenvalue weighted by molar-refractivity contribution is 0.0637. The molecule has 0 aliphatic carbocycles. The van der Waals surface area contributed by atoms with Gasteiger partial charge in [-0.25, -0.2) is 0 Å². The Hall–Kier alpha value is -1.62. The summed E-state index contributed by atoms with van der Waals surface area (Å²) in [6.45, 7) is 6.57. The summed E-state index contributed by atoms with van der Waals surface area (Å²) in [6, 6.07) is 3.02. The van der Waals surface area contributed by atoms with E-state index in [0.717, 1.165) is 39.1 Å². The maximum absolute atomic E-state index is 12.2. The maximum Gasteiger partial charge on any atom is 0.254 e. The van der Waals surface area contributed by atoms with Crippen LogP contribution in [0.25, 0.3) is 0 Å². The van der Waals surface area contributed by atoms with Crippen LogP contribution in [0.15, 0.2) is 23.1 Å². The van der Waals surface area contributed by atoms with Gasteiger partial charge in [-0.1, -0.05) is 6.92 Å². The van der Waals surface area contributed by atoms with Gasteiger partial charge in [0.05, 0.1) is 0 Å². The second-order valence-electron chi connectivity index (χ2n) is 4.58. The number of H-pyrrole nitrogens is 1. The quantitative estimate of drug-likeness (QED) is 0.850. The van der Waals surface area contributed by atoms with Gasteiger partial charge in [-0.15, -0.1) is 0 Å². The summed E-state index contributed by atoms with van der Waals surface area (Å²) in [7, 11) is 0. The third-order valence-electron chi connectivity index (χ3n) is 3.22. The number of amides is 1. The fraction of sp³-hybridized carbons (Fsp3) is 0.538. The van der Waals surface area contributed by atoms with Gasteiger partial charge in [0.15, 0.2) is 0 Å². The predicted octanol–water partition coefficient (Wildman–Crippen LogP) is 0.543. The molecule has 0 bridgehead atoms. The molecule has 0 aromatic carbocycles. The van der Waals surface area contributed by atoms with Gasteiger partial charge in [-0.2, -0.15) is 0 Å². The number of carbonyl (C=O) groups is 1. The van der Waals surface area contributed by atoms with Crippen molar-refractivity contribution in [3.8, 4) is 0 Å². The Bertz CT molecular complexity index is 461. The molecule has 5 nitrogen and oxygen atoms in total. The van der Waals surface area contributed by atoms with Crippen LogP contribution in [-0.4, -0.2) is 53.4 Å². The molecule has 0 unspecified atom stereocenters. The molecule has 2 rings (SSSR count). The van der Waals surface area contributed by atoms with Gasteiger partial charge in [0, 0.05) is 44.0 Å². The van der Waals surface area contributed by atoms with Crippen molar-refractivity contribution in [1.82, 2.24) is 14.8 Å². The fourth-order valence-electron chi connectivity index (χ4n) is 2.25. The maximum atomic E-state index is 12.2. The van der Waals surface area contributed by atoms with E-state index in [0.29, 0.717) is 5.56 Å². The predicted molar refractivity (Wildman–Crippen MR) is 69.7 cm³/mol. The monoisotopic (exact) mass is 249 g/mol. The first kappa shape index (κ1) is 12.8. The number of aromatic nitrogens is 1. The molecular weight excluding hydrogens is 230 g/mol. The highest BCUT2D eigenvalue weighted by Gasteiger charge is 2.21. The number of nitrogens with one attached hydrogen (secondary N) is 1. The minimum absolute atomic E-state index is 0.0442. The molecule has 0 atom stereocenters. The summed E-state index contributed by atoms with van der Waals surface area (Å²) in [5.41, 5.74) is 0.244. The second kappa shape index (κ2) is 5.82. The van der Waals surface area contributed by atoms with E-state index in [4.69, 9.17) is 0 Å². The third-order valence-corrected chi connectivity index (χ3v) is 3.22. The molecule has 1 aromatic rings. The standard InChI is InChI=1S/C13H19N3O2/c1-2-5-15-6-8-16(9-7-15)13(18)11-3-4-14-12(17)10-11/h3-4,10H,2,5-9H2,1H3,(H,14,17). The molecule has 18 heavy (non-hydrogen) atoms. The zero-order chi connectivity index (χ0) is 13.0. The molecule has 5 heteroatoms. The van der Waals surface area contributed by atoms with Crippen molar-refractivity contribution in [2.75, 3.05) is 32.7 Å². The number of pyridine rings is 1. The number of carbonyl (C=O) groups excluding carboxylic acids is 1. The Labute approximate surface area is 106 Å². The highest BCUT2D eigenvalue weighted by Crippen LogP contribution is 2.07. The Morgan fingerprint density at radius 3 is 2.67 bits per heavy atom. The minimum atomic E-state index is -0.231. The van der Waals surface area contributed by atoms with E-state index < -0.39 is 0 Å². The highest BCUT2D eigenvalue weighted by molar-refractivity contribution is 5.94. The summed E-state index contributed by atoms with van der Waals surface area (Å²) < 4.78 is 0. The first-order valence-corrected chi connectivity index (χ1v) is 6.41. The molecule has 1 amide bonds. The number of hydrogen-bond acceptors (Lipinski definition) is 3. The minimum Gasteiger partial charge on any atom is -0.336 e. The summed E-state index contributed by atoms with van der Waals surface area (Å²) >= 11 is 0. The van der Waals surface area contributed by atoms with Gasteiger partial charge in [0.25, 0.3) is 5.91 Å². The first-order valence-electron chi connectivity index (χ1n) is 6.41. The van der Waals surface area contributed by atoms with Crippen molar-refractivity contribution in [3.05, 3.63) is 34.2 Å².